The van der Waals surface area contributed by atoms with E-state index in [1.807, 2.05) is 20.8 Å². The van der Waals surface area contributed by atoms with Gasteiger partial charge in [-0.1, -0.05) is 0 Å². The van der Waals surface area contributed by atoms with Gasteiger partial charge in [0.05, 0.1) is 0 Å². The van der Waals surface area contributed by atoms with Crippen LogP contribution in [0.2, 0.25) is 6.04 Å². The molecule has 1 unspecified atom stereocenters. The van der Waals surface area contributed by atoms with Gasteiger partial charge in [0, 0.05) is 32.4 Å². The molecule has 0 spiro atoms. The average molecular weight is 285 g/mol. The average Bonchev–Trinajstić information content (AvgIpc) is 2.25. The summed E-state index contributed by atoms with van der Waals surface area (Å²) in [7, 11) is -2.59. The summed E-state index contributed by atoms with van der Waals surface area (Å²) in [5.41, 5.74) is 0. The van der Waals surface area contributed by atoms with Gasteiger partial charge in [0.15, 0.2) is 0 Å². The van der Waals surface area contributed by atoms with Gasteiger partial charge in [-0.2, -0.15) is 0 Å². The third kappa shape index (κ3) is 7.98. The molecule has 8 heteroatoms. The fraction of sp³-hybridized carbons (Fsp3) is 1.00. The SMILES string of the molecule is CCO[Si](CCCNS(=O)O)(OCC)OCC. The first kappa shape index (κ1) is 17.2. The highest BCUT2D eigenvalue weighted by atomic mass is 32.2. The van der Waals surface area contributed by atoms with Crippen LogP contribution in [0.1, 0.15) is 27.2 Å². The van der Waals surface area contributed by atoms with E-state index in [2.05, 4.69) is 4.72 Å². The van der Waals surface area contributed by atoms with Crippen molar-refractivity contribution in [3.8, 4) is 0 Å². The Morgan fingerprint density at radius 2 is 1.59 bits per heavy atom. The van der Waals surface area contributed by atoms with Gasteiger partial charge >= 0.3 is 8.80 Å². The van der Waals surface area contributed by atoms with E-state index in [-0.39, 0.29) is 0 Å². The van der Waals surface area contributed by atoms with Crippen molar-refractivity contribution < 1.29 is 22.0 Å². The third-order valence-electron chi connectivity index (χ3n) is 1.98. The minimum absolute atomic E-state index is 0.436. The molecule has 104 valence electrons. The van der Waals surface area contributed by atoms with Crippen LogP contribution >= 0.6 is 0 Å². The first-order valence-corrected chi connectivity index (χ1v) is 8.90. The van der Waals surface area contributed by atoms with Crippen molar-refractivity contribution in [2.75, 3.05) is 26.4 Å². The zero-order valence-electron chi connectivity index (χ0n) is 10.7. The fourth-order valence-corrected chi connectivity index (χ4v) is 4.40. The molecule has 0 saturated carbocycles. The zero-order chi connectivity index (χ0) is 13.1. The summed E-state index contributed by atoms with van der Waals surface area (Å²) in [5.74, 6) is 0. The second-order valence-corrected chi connectivity index (χ2v) is 6.75. The van der Waals surface area contributed by atoms with Crippen LogP contribution in [0.25, 0.3) is 0 Å². The third-order valence-corrected chi connectivity index (χ3v) is 5.58. The van der Waals surface area contributed by atoms with Gasteiger partial charge in [-0.15, -0.1) is 0 Å². The second-order valence-electron chi connectivity index (χ2n) is 3.23. The summed E-state index contributed by atoms with van der Waals surface area (Å²) in [6, 6.07) is 0.646. The molecule has 6 nitrogen and oxygen atoms in total. The summed E-state index contributed by atoms with van der Waals surface area (Å²) >= 11 is -1.96. The lowest BCUT2D eigenvalue weighted by molar-refractivity contribution is 0.0709. The maximum absolute atomic E-state index is 10.4. The Morgan fingerprint density at radius 3 is 1.94 bits per heavy atom. The summed E-state index contributed by atoms with van der Waals surface area (Å²) in [5, 5.41) is 0. The fourth-order valence-electron chi connectivity index (χ4n) is 1.47. The predicted octanol–water partition coefficient (Wildman–Crippen LogP) is 1.15. The molecule has 2 N–H and O–H groups in total. The minimum Gasteiger partial charge on any atom is -0.374 e. The Balaban J connectivity index is 4.18. The Hall–Kier alpha value is 0.167. The molecule has 0 aliphatic heterocycles. The van der Waals surface area contributed by atoms with Crippen LogP contribution in [-0.2, 0) is 24.5 Å². The molecule has 0 fully saturated rings. The summed E-state index contributed by atoms with van der Waals surface area (Å²) < 4.78 is 38.4. The van der Waals surface area contributed by atoms with Crippen LogP contribution < -0.4 is 4.72 Å². The highest BCUT2D eigenvalue weighted by Gasteiger charge is 2.39. The molecule has 0 aromatic carbocycles. The van der Waals surface area contributed by atoms with Crippen molar-refractivity contribution in [2.24, 2.45) is 0 Å². The van der Waals surface area contributed by atoms with Crippen molar-refractivity contribution in [3.63, 3.8) is 0 Å². The molecule has 0 radical (unpaired) electrons. The van der Waals surface area contributed by atoms with E-state index in [0.717, 1.165) is 0 Å². The first-order valence-electron chi connectivity index (χ1n) is 5.86. The molecule has 0 aromatic heterocycles. The highest BCUT2D eigenvalue weighted by molar-refractivity contribution is 7.77. The van der Waals surface area contributed by atoms with Crippen LogP contribution in [0.3, 0.4) is 0 Å². The highest BCUT2D eigenvalue weighted by Crippen LogP contribution is 2.17. The van der Waals surface area contributed by atoms with Crippen molar-refractivity contribution in [1.82, 2.24) is 4.72 Å². The van der Waals surface area contributed by atoms with Gasteiger partial charge in [-0.3, -0.25) is 4.55 Å². The molecule has 0 heterocycles. The lowest BCUT2D eigenvalue weighted by Crippen LogP contribution is -2.46. The zero-order valence-corrected chi connectivity index (χ0v) is 12.5. The van der Waals surface area contributed by atoms with Gasteiger partial charge in [0.1, 0.15) is 0 Å². The van der Waals surface area contributed by atoms with Crippen LogP contribution in [0.5, 0.6) is 0 Å². The summed E-state index contributed by atoms with van der Waals surface area (Å²) in [6.45, 7) is 7.79. The minimum atomic E-state index is -2.59. The lowest BCUT2D eigenvalue weighted by atomic mass is 10.5. The molecular formula is C9H23NO5SSi. The molecule has 0 aliphatic rings. The quantitative estimate of drug-likeness (QED) is 0.338. The number of nitrogens with one attached hydrogen (secondary N) is 1. The van der Waals surface area contributed by atoms with E-state index in [1.165, 1.54) is 0 Å². The van der Waals surface area contributed by atoms with Crippen molar-refractivity contribution >= 4 is 20.1 Å². The molecule has 0 rings (SSSR count). The van der Waals surface area contributed by atoms with E-state index < -0.39 is 20.1 Å². The molecule has 0 saturated heterocycles. The molecule has 0 aromatic rings. The molecular weight excluding hydrogens is 262 g/mol. The van der Waals surface area contributed by atoms with Crippen LogP contribution in [0.15, 0.2) is 0 Å². The maximum atomic E-state index is 10.4. The van der Waals surface area contributed by atoms with E-state index in [1.54, 1.807) is 0 Å². The van der Waals surface area contributed by atoms with E-state index in [4.69, 9.17) is 17.8 Å². The molecule has 0 amide bonds. The van der Waals surface area contributed by atoms with Gasteiger partial charge in [0.25, 0.3) is 0 Å². The monoisotopic (exact) mass is 285 g/mol. The maximum Gasteiger partial charge on any atom is 0.500 e. The van der Waals surface area contributed by atoms with E-state index >= 15 is 0 Å². The molecule has 17 heavy (non-hydrogen) atoms. The topological polar surface area (TPSA) is 77.0 Å². The van der Waals surface area contributed by atoms with Crippen molar-refractivity contribution in [3.05, 3.63) is 0 Å². The Morgan fingerprint density at radius 1 is 1.12 bits per heavy atom. The normalized spacial score (nSPS) is 13.9. The van der Waals surface area contributed by atoms with Gasteiger partial charge in [-0.05, 0) is 27.2 Å². The van der Waals surface area contributed by atoms with Crippen LogP contribution in [0, 0.1) is 0 Å². The number of rotatable bonds is 11. The Bertz CT molecular complexity index is 203. The smallest absolute Gasteiger partial charge is 0.374 e. The molecule has 0 aliphatic carbocycles. The number of hydrogen-bond donors (Lipinski definition) is 2. The van der Waals surface area contributed by atoms with Gasteiger partial charge in [-0.25, -0.2) is 8.93 Å². The lowest BCUT2D eigenvalue weighted by Gasteiger charge is -2.28. The van der Waals surface area contributed by atoms with Crippen molar-refractivity contribution in [2.45, 2.75) is 33.2 Å². The largest absolute Gasteiger partial charge is 0.500 e. The Kier molecular flexibility index (Phi) is 10.2. The number of hydrogen-bond acceptors (Lipinski definition) is 4. The van der Waals surface area contributed by atoms with Crippen LogP contribution in [0.4, 0.5) is 0 Å². The second kappa shape index (κ2) is 10.1. The predicted molar refractivity (Wildman–Crippen MR) is 68.8 cm³/mol. The molecule has 0 bridgehead atoms. The van der Waals surface area contributed by atoms with Gasteiger partial charge < -0.3 is 13.3 Å². The van der Waals surface area contributed by atoms with Crippen molar-refractivity contribution in [1.29, 1.82) is 0 Å². The van der Waals surface area contributed by atoms with E-state index in [0.29, 0.717) is 38.8 Å². The van der Waals surface area contributed by atoms with E-state index in [9.17, 15) is 4.21 Å². The first-order chi connectivity index (χ1) is 8.10. The standard InChI is InChI=1S/C9H23NO5SSi/c1-4-13-17(14-5-2,15-6-3)9-7-8-10-16(11)12/h10H,4-9H2,1-3H3,(H,11,12). The molecule has 1 atom stereocenters. The Labute approximate surface area is 107 Å². The van der Waals surface area contributed by atoms with Gasteiger partial charge in [0.2, 0.25) is 11.3 Å². The summed E-state index contributed by atoms with van der Waals surface area (Å²) in [6.07, 6.45) is 0.679. The van der Waals surface area contributed by atoms with Crippen LogP contribution in [-0.4, -0.2) is 43.9 Å². The summed E-state index contributed by atoms with van der Waals surface area (Å²) in [4.78, 5) is 0.